The maximum atomic E-state index is 12.4. The van der Waals surface area contributed by atoms with E-state index < -0.39 is 5.60 Å². The number of thiazole rings is 1. The van der Waals surface area contributed by atoms with Crippen molar-refractivity contribution in [2.45, 2.75) is 71.1 Å². The number of carbonyl (C=O) groups excluding carboxylic acids is 1. The van der Waals surface area contributed by atoms with Gasteiger partial charge < -0.3 is 14.4 Å². The Kier molecular flexibility index (Phi) is 7.32. The summed E-state index contributed by atoms with van der Waals surface area (Å²) in [4.78, 5) is 19.3. The Hall–Kier alpha value is -0.850. The third-order valence-electron chi connectivity index (χ3n) is 3.85. The zero-order valence-corrected chi connectivity index (χ0v) is 16.3. The van der Waals surface area contributed by atoms with Crippen LogP contribution in [0.4, 0.5) is 4.79 Å². The Morgan fingerprint density at radius 2 is 2.25 bits per heavy atom. The van der Waals surface area contributed by atoms with E-state index in [2.05, 4.69) is 4.98 Å². The number of aromatic nitrogens is 1. The quantitative estimate of drug-likeness (QED) is 0.665. The van der Waals surface area contributed by atoms with Crippen LogP contribution in [0.15, 0.2) is 6.20 Å². The van der Waals surface area contributed by atoms with Gasteiger partial charge in [0.25, 0.3) is 0 Å². The van der Waals surface area contributed by atoms with Crippen LogP contribution in [0, 0.1) is 0 Å². The molecule has 24 heavy (non-hydrogen) atoms. The van der Waals surface area contributed by atoms with Crippen molar-refractivity contribution in [3.8, 4) is 0 Å². The lowest BCUT2D eigenvalue weighted by molar-refractivity contribution is 0.00728. The Balaban J connectivity index is 1.71. The maximum absolute atomic E-state index is 12.4. The van der Waals surface area contributed by atoms with Crippen molar-refractivity contribution < 1.29 is 14.3 Å². The van der Waals surface area contributed by atoms with Crippen molar-refractivity contribution in [3.05, 3.63) is 15.5 Å². The predicted molar refractivity (Wildman–Crippen MR) is 96.6 cm³/mol. The van der Waals surface area contributed by atoms with Crippen molar-refractivity contribution in [1.82, 2.24) is 9.88 Å². The van der Waals surface area contributed by atoms with Gasteiger partial charge in [0.2, 0.25) is 0 Å². The molecule has 7 heteroatoms. The van der Waals surface area contributed by atoms with Crippen LogP contribution in [0.1, 0.15) is 57.8 Å². The summed E-state index contributed by atoms with van der Waals surface area (Å²) >= 11 is 7.24. The van der Waals surface area contributed by atoms with Crippen LogP contribution in [-0.4, -0.2) is 40.8 Å². The van der Waals surface area contributed by atoms with Gasteiger partial charge in [-0.15, -0.1) is 11.3 Å². The standard InChI is InChI=1S/C17H27ClN2O3S/c1-17(2,3)23-16(21)20-9-5-4-7-13(20)8-6-10-22-12-14-11-19-15(18)24-14/h11,13H,4-10,12H2,1-3H3/t13-/m0/s1. The molecule has 0 radical (unpaired) electrons. The van der Waals surface area contributed by atoms with Gasteiger partial charge in [0.1, 0.15) is 5.60 Å². The molecule has 2 rings (SSSR count). The Morgan fingerprint density at radius 3 is 2.92 bits per heavy atom. The first-order chi connectivity index (χ1) is 11.3. The highest BCUT2D eigenvalue weighted by atomic mass is 35.5. The second-order valence-corrected chi connectivity index (χ2v) is 8.80. The fraction of sp³-hybridized carbons (Fsp3) is 0.765. The summed E-state index contributed by atoms with van der Waals surface area (Å²) in [7, 11) is 0. The van der Waals surface area contributed by atoms with E-state index in [0.717, 1.165) is 37.1 Å². The highest BCUT2D eigenvalue weighted by molar-refractivity contribution is 7.15. The number of ether oxygens (including phenoxy) is 2. The van der Waals surface area contributed by atoms with Gasteiger partial charge >= 0.3 is 6.09 Å². The number of hydrogen-bond acceptors (Lipinski definition) is 5. The summed E-state index contributed by atoms with van der Waals surface area (Å²) in [6.07, 6.45) is 6.71. The second-order valence-electron chi connectivity index (χ2n) is 7.10. The van der Waals surface area contributed by atoms with Crippen LogP contribution in [0.5, 0.6) is 0 Å². The molecule has 0 N–H and O–H groups in total. The van der Waals surface area contributed by atoms with Gasteiger partial charge in [-0.3, -0.25) is 0 Å². The molecule has 1 saturated heterocycles. The van der Waals surface area contributed by atoms with Crippen molar-refractivity contribution >= 4 is 29.0 Å². The molecule has 136 valence electrons. The lowest BCUT2D eigenvalue weighted by atomic mass is 9.98. The first-order valence-corrected chi connectivity index (χ1v) is 9.72. The fourth-order valence-electron chi connectivity index (χ4n) is 2.81. The molecule has 1 aliphatic rings. The molecular formula is C17H27ClN2O3S. The number of piperidine rings is 1. The summed E-state index contributed by atoms with van der Waals surface area (Å²) in [5, 5.41) is 0. The highest BCUT2D eigenvalue weighted by Crippen LogP contribution is 2.24. The molecule has 1 fully saturated rings. The van der Waals surface area contributed by atoms with E-state index in [1.54, 1.807) is 6.20 Å². The number of hydrogen-bond donors (Lipinski definition) is 0. The molecule has 1 atom stereocenters. The summed E-state index contributed by atoms with van der Waals surface area (Å²) in [5.41, 5.74) is -0.446. The van der Waals surface area contributed by atoms with Crippen LogP contribution >= 0.6 is 22.9 Å². The van der Waals surface area contributed by atoms with E-state index in [-0.39, 0.29) is 12.1 Å². The van der Waals surface area contributed by atoms with Crippen molar-refractivity contribution in [2.75, 3.05) is 13.2 Å². The molecule has 0 aliphatic carbocycles. The summed E-state index contributed by atoms with van der Waals surface area (Å²) < 4.78 is 11.8. The van der Waals surface area contributed by atoms with E-state index in [1.165, 1.54) is 17.8 Å². The number of amides is 1. The van der Waals surface area contributed by atoms with Crippen LogP contribution in [0.3, 0.4) is 0 Å². The smallest absolute Gasteiger partial charge is 0.410 e. The minimum atomic E-state index is -0.446. The van der Waals surface area contributed by atoms with Gasteiger partial charge in [-0.2, -0.15) is 0 Å². The molecule has 0 unspecified atom stereocenters. The minimum absolute atomic E-state index is 0.188. The molecule has 2 heterocycles. The van der Waals surface area contributed by atoms with E-state index in [9.17, 15) is 4.79 Å². The number of nitrogens with zero attached hydrogens (tertiary/aromatic N) is 2. The summed E-state index contributed by atoms with van der Waals surface area (Å²) in [6, 6.07) is 0.259. The predicted octanol–water partition coefficient (Wildman–Crippen LogP) is 4.88. The van der Waals surface area contributed by atoms with Crippen molar-refractivity contribution in [1.29, 1.82) is 0 Å². The lowest BCUT2D eigenvalue weighted by Crippen LogP contribution is -2.46. The van der Waals surface area contributed by atoms with Crippen LogP contribution in [-0.2, 0) is 16.1 Å². The monoisotopic (exact) mass is 374 g/mol. The van der Waals surface area contributed by atoms with Crippen LogP contribution in [0.2, 0.25) is 4.47 Å². The largest absolute Gasteiger partial charge is 0.444 e. The topological polar surface area (TPSA) is 51.7 Å². The van der Waals surface area contributed by atoms with Crippen LogP contribution in [0.25, 0.3) is 0 Å². The zero-order chi connectivity index (χ0) is 17.6. The van der Waals surface area contributed by atoms with E-state index >= 15 is 0 Å². The van der Waals surface area contributed by atoms with Crippen molar-refractivity contribution in [3.63, 3.8) is 0 Å². The lowest BCUT2D eigenvalue weighted by Gasteiger charge is -2.36. The van der Waals surface area contributed by atoms with Gasteiger partial charge in [0.05, 0.1) is 11.5 Å². The highest BCUT2D eigenvalue weighted by Gasteiger charge is 2.29. The third-order valence-corrected chi connectivity index (χ3v) is 4.94. The van der Waals surface area contributed by atoms with E-state index in [0.29, 0.717) is 17.7 Å². The molecule has 1 aromatic rings. The fourth-order valence-corrected chi connectivity index (χ4v) is 3.72. The molecule has 0 bridgehead atoms. The molecule has 0 aromatic carbocycles. The summed E-state index contributed by atoms with van der Waals surface area (Å²) in [6.45, 7) is 7.73. The number of halogens is 1. The minimum Gasteiger partial charge on any atom is -0.444 e. The number of rotatable bonds is 6. The molecule has 1 amide bonds. The first kappa shape index (κ1) is 19.5. The van der Waals surface area contributed by atoms with Gasteiger partial charge in [-0.05, 0) is 52.9 Å². The average molecular weight is 375 g/mol. The van der Waals surface area contributed by atoms with E-state index in [1.807, 2.05) is 25.7 Å². The zero-order valence-electron chi connectivity index (χ0n) is 14.7. The molecular weight excluding hydrogens is 348 g/mol. The van der Waals surface area contributed by atoms with Crippen LogP contribution < -0.4 is 0 Å². The molecule has 5 nitrogen and oxygen atoms in total. The number of carbonyl (C=O) groups is 1. The van der Waals surface area contributed by atoms with E-state index in [4.69, 9.17) is 21.1 Å². The van der Waals surface area contributed by atoms with Crippen molar-refractivity contribution in [2.24, 2.45) is 0 Å². The van der Waals surface area contributed by atoms with Gasteiger partial charge in [-0.1, -0.05) is 11.6 Å². The molecule has 0 saturated carbocycles. The molecule has 0 spiro atoms. The van der Waals surface area contributed by atoms with Gasteiger partial charge in [-0.25, -0.2) is 9.78 Å². The Bertz CT molecular complexity index is 530. The van der Waals surface area contributed by atoms with Gasteiger partial charge in [0, 0.05) is 25.4 Å². The average Bonchev–Trinajstić information content (AvgIpc) is 2.91. The normalized spacial score (nSPS) is 18.7. The summed E-state index contributed by atoms with van der Waals surface area (Å²) in [5.74, 6) is 0. The SMILES string of the molecule is CC(C)(C)OC(=O)N1CCCC[C@H]1CCCOCc1cnc(Cl)s1. The van der Waals surface area contributed by atoms with Gasteiger partial charge in [0.15, 0.2) is 4.47 Å². The Morgan fingerprint density at radius 1 is 1.46 bits per heavy atom. The Labute approximate surface area is 153 Å². The number of likely N-dealkylation sites (tertiary alicyclic amines) is 1. The second kappa shape index (κ2) is 9.02. The molecule has 1 aliphatic heterocycles. The first-order valence-electron chi connectivity index (χ1n) is 8.53. The molecule has 1 aromatic heterocycles. The third kappa shape index (κ3) is 6.57. The maximum Gasteiger partial charge on any atom is 0.410 e.